The summed E-state index contributed by atoms with van der Waals surface area (Å²) in [5.41, 5.74) is 0.547. The Morgan fingerprint density at radius 3 is 2.27 bits per heavy atom. The van der Waals surface area contributed by atoms with Crippen LogP contribution in [-0.4, -0.2) is 97.7 Å². The third-order valence-corrected chi connectivity index (χ3v) is 8.18. The van der Waals surface area contributed by atoms with E-state index in [-0.39, 0.29) is 23.3 Å². The van der Waals surface area contributed by atoms with E-state index in [0.29, 0.717) is 5.56 Å². The van der Waals surface area contributed by atoms with E-state index in [9.17, 15) is 44.7 Å². The number of hydrogen-bond donors (Lipinski definition) is 8. The van der Waals surface area contributed by atoms with Crippen molar-refractivity contribution >= 4 is 34.8 Å². The van der Waals surface area contributed by atoms with Gasteiger partial charge >= 0.3 is 0 Å². The van der Waals surface area contributed by atoms with Crippen LogP contribution in [-0.2, 0) is 19.2 Å². The van der Waals surface area contributed by atoms with Gasteiger partial charge in [-0.25, -0.2) is 0 Å². The maximum atomic E-state index is 14.0. The number of Topliss-reactive ketones (excluding diaryl/α,β-unsaturated/α-hetero) is 2. The number of benzene rings is 1. The molecule has 4 unspecified atom stereocenters. The molecule has 4 rings (SSSR count). The number of aromatic hydroxyl groups is 1. The molecular weight excluding hydrogens is 536 g/mol. The Kier molecular flexibility index (Phi) is 7.32. The number of likely N-dealkylation sites (N-methyl/N-ethyl adjacent to an activating group) is 1. The molecule has 1 fully saturated rings. The molecule has 222 valence electrons. The third kappa shape index (κ3) is 4.49. The number of primary amides is 1. The molecule has 0 aliphatic heterocycles. The number of nitrogens with zero attached hydrogens (tertiary/aromatic N) is 1. The summed E-state index contributed by atoms with van der Waals surface area (Å²) in [5.74, 6) is -10.3. The van der Waals surface area contributed by atoms with Gasteiger partial charge in [0, 0.05) is 17.0 Å². The van der Waals surface area contributed by atoms with Gasteiger partial charge < -0.3 is 41.9 Å². The quantitative estimate of drug-likeness (QED) is 0.171. The summed E-state index contributed by atoms with van der Waals surface area (Å²) >= 11 is 0. The minimum Gasteiger partial charge on any atom is -0.508 e. The predicted octanol–water partition coefficient (Wildman–Crippen LogP) is -0.178. The number of amides is 2. The van der Waals surface area contributed by atoms with Crippen molar-refractivity contribution in [1.29, 1.82) is 0 Å². The minimum atomic E-state index is -3.00. The number of aliphatic hydroxyl groups excluding tert-OH is 3. The van der Waals surface area contributed by atoms with Crippen molar-refractivity contribution in [1.82, 2.24) is 10.2 Å². The van der Waals surface area contributed by atoms with Crippen molar-refractivity contribution < 1.29 is 44.7 Å². The van der Waals surface area contributed by atoms with Gasteiger partial charge in [-0.1, -0.05) is 13.0 Å². The van der Waals surface area contributed by atoms with Crippen molar-refractivity contribution in [2.45, 2.75) is 56.9 Å². The number of rotatable bonds is 5. The molecular formula is C28H36N4O9. The Balaban J connectivity index is 1.88. The Hall–Kier alpha value is -3.78. The van der Waals surface area contributed by atoms with Crippen molar-refractivity contribution in [3.63, 3.8) is 0 Å². The van der Waals surface area contributed by atoms with Crippen LogP contribution in [0.15, 0.2) is 29.0 Å². The zero-order valence-corrected chi connectivity index (χ0v) is 23.6. The number of fused-ring (bicyclic) bond motifs is 3. The lowest BCUT2D eigenvalue weighted by Gasteiger charge is -2.53. The molecule has 0 radical (unpaired) electrons. The lowest BCUT2D eigenvalue weighted by Crippen LogP contribution is -2.70. The van der Waals surface area contributed by atoms with Gasteiger partial charge in [0.2, 0.25) is 11.7 Å². The Morgan fingerprint density at radius 2 is 1.73 bits per heavy atom. The first-order chi connectivity index (χ1) is 18.9. The Bertz CT molecular complexity index is 1420. The van der Waals surface area contributed by atoms with Crippen LogP contribution in [0.25, 0.3) is 5.76 Å². The molecule has 0 aromatic heterocycles. The van der Waals surface area contributed by atoms with Gasteiger partial charge in [-0.15, -0.1) is 0 Å². The van der Waals surface area contributed by atoms with Gasteiger partial charge in [-0.3, -0.25) is 24.1 Å². The van der Waals surface area contributed by atoms with Crippen LogP contribution in [0.4, 0.5) is 5.69 Å². The molecule has 1 aromatic carbocycles. The van der Waals surface area contributed by atoms with Crippen LogP contribution in [0, 0.1) is 11.8 Å². The van der Waals surface area contributed by atoms with E-state index in [1.54, 1.807) is 6.92 Å². The fraction of sp³-hybridized carbons (Fsp3) is 0.500. The zero-order valence-electron chi connectivity index (χ0n) is 23.6. The maximum absolute atomic E-state index is 14.0. The van der Waals surface area contributed by atoms with E-state index in [2.05, 4.69) is 10.6 Å². The average Bonchev–Trinajstić information content (AvgIpc) is 2.85. The number of hydrogen-bond acceptors (Lipinski definition) is 11. The highest BCUT2D eigenvalue weighted by Crippen LogP contribution is 2.56. The number of aliphatic hydroxyl groups is 4. The predicted molar refractivity (Wildman–Crippen MR) is 147 cm³/mol. The number of nitrogens with one attached hydrogen (secondary N) is 2. The van der Waals surface area contributed by atoms with E-state index in [4.69, 9.17) is 5.73 Å². The molecule has 3 aliphatic carbocycles. The summed E-state index contributed by atoms with van der Waals surface area (Å²) in [6, 6.07) is 1.52. The van der Waals surface area contributed by atoms with Crippen LogP contribution in [0.3, 0.4) is 0 Å². The van der Waals surface area contributed by atoms with Crippen molar-refractivity contribution in [3.8, 4) is 5.75 Å². The molecule has 41 heavy (non-hydrogen) atoms. The molecule has 1 aromatic rings. The van der Waals surface area contributed by atoms with E-state index in [0.717, 1.165) is 0 Å². The number of carbonyl (C=O) groups is 4. The fourth-order valence-electron chi connectivity index (χ4n) is 6.26. The normalized spacial score (nSPS) is 29.7. The summed E-state index contributed by atoms with van der Waals surface area (Å²) in [6.07, 6.45) is -1.68. The SMILES string of the molecule is CC1c2ccc(NC(=O)CNC(C)(C)C)c(O)c2C(O)=C2C(=O)[C@]3(O)C(O)=C(C(N)=O)C(=O)[C@@H](N(C)C)C3C(O)C21. The highest BCUT2D eigenvalue weighted by molar-refractivity contribution is 6.24. The van der Waals surface area contributed by atoms with E-state index in [1.807, 2.05) is 20.8 Å². The molecule has 0 heterocycles. The molecule has 9 N–H and O–H groups in total. The largest absolute Gasteiger partial charge is 0.508 e. The van der Waals surface area contributed by atoms with Gasteiger partial charge in [-0.2, -0.15) is 0 Å². The van der Waals surface area contributed by atoms with Crippen LogP contribution >= 0.6 is 0 Å². The first kappa shape index (κ1) is 30.2. The summed E-state index contributed by atoms with van der Waals surface area (Å²) in [5, 5.41) is 62.4. The van der Waals surface area contributed by atoms with Gasteiger partial charge in [0.1, 0.15) is 22.8 Å². The summed E-state index contributed by atoms with van der Waals surface area (Å²) in [4.78, 5) is 53.2. The summed E-state index contributed by atoms with van der Waals surface area (Å²) in [7, 11) is 2.88. The maximum Gasteiger partial charge on any atom is 0.255 e. The lowest BCUT2D eigenvalue weighted by atomic mass is 9.54. The van der Waals surface area contributed by atoms with Gasteiger partial charge in [0.25, 0.3) is 5.91 Å². The molecule has 1 saturated carbocycles. The topological polar surface area (TPSA) is 223 Å². The standard InChI is InChI=1S/C28H36N4O9/c1-10-11-7-8-12(31-13(33)9-30-27(2,3)4)20(34)15(11)21(35)16-14(10)22(36)18-19(32(5)6)23(37)17(26(29)40)25(39)28(18,41)24(16)38/h7-8,10,14,18-19,22,30,34-36,39,41H,9H2,1-6H3,(H2,29,40)(H,31,33)/t10?,14?,18?,19-,22?,28-/m0/s1. The second kappa shape index (κ2) is 9.94. The molecule has 3 aliphatic rings. The monoisotopic (exact) mass is 572 g/mol. The lowest BCUT2D eigenvalue weighted by molar-refractivity contribution is -0.169. The zero-order chi connectivity index (χ0) is 30.9. The van der Waals surface area contributed by atoms with Crippen molar-refractivity contribution in [2.75, 3.05) is 26.0 Å². The Labute approximate surface area is 236 Å². The van der Waals surface area contributed by atoms with Crippen LogP contribution in [0.1, 0.15) is 44.7 Å². The molecule has 0 spiro atoms. The second-order valence-corrected chi connectivity index (χ2v) is 12.1. The molecule has 6 atom stereocenters. The number of ketones is 2. The highest BCUT2D eigenvalue weighted by atomic mass is 16.4. The van der Waals surface area contributed by atoms with E-state index >= 15 is 0 Å². The number of phenols is 1. The second-order valence-electron chi connectivity index (χ2n) is 12.1. The smallest absolute Gasteiger partial charge is 0.255 e. The number of phenolic OH excluding ortho intramolecular Hbond substituents is 1. The van der Waals surface area contributed by atoms with Gasteiger partial charge in [0.15, 0.2) is 11.4 Å². The van der Waals surface area contributed by atoms with Crippen LogP contribution < -0.4 is 16.4 Å². The fourth-order valence-corrected chi connectivity index (χ4v) is 6.26. The minimum absolute atomic E-state index is 0.0580. The van der Waals surface area contributed by atoms with Gasteiger partial charge in [-0.05, 0) is 52.4 Å². The first-order valence-corrected chi connectivity index (χ1v) is 13.1. The molecule has 0 saturated heterocycles. The van der Waals surface area contributed by atoms with Crippen LogP contribution in [0.5, 0.6) is 5.75 Å². The van der Waals surface area contributed by atoms with Crippen molar-refractivity contribution in [2.24, 2.45) is 17.6 Å². The number of carbonyl (C=O) groups excluding carboxylic acids is 4. The first-order valence-electron chi connectivity index (χ1n) is 13.1. The van der Waals surface area contributed by atoms with E-state index in [1.165, 1.54) is 31.1 Å². The molecule has 13 heteroatoms. The molecule has 0 bridgehead atoms. The molecule has 2 amide bonds. The van der Waals surface area contributed by atoms with Crippen LogP contribution in [0.2, 0.25) is 0 Å². The third-order valence-electron chi connectivity index (χ3n) is 8.18. The summed E-state index contributed by atoms with van der Waals surface area (Å²) in [6.45, 7) is 7.16. The summed E-state index contributed by atoms with van der Waals surface area (Å²) < 4.78 is 0. The van der Waals surface area contributed by atoms with Crippen molar-refractivity contribution in [3.05, 3.63) is 40.2 Å². The average molecular weight is 573 g/mol. The van der Waals surface area contributed by atoms with E-state index < -0.39 is 87.3 Å². The molecule has 13 nitrogen and oxygen atoms in total. The Morgan fingerprint density at radius 1 is 1.12 bits per heavy atom. The highest BCUT2D eigenvalue weighted by Gasteiger charge is 2.68. The number of anilines is 1. The number of nitrogens with two attached hydrogens (primary N) is 1. The van der Waals surface area contributed by atoms with Gasteiger partial charge in [0.05, 0.1) is 35.9 Å².